The fourth-order valence-electron chi connectivity index (χ4n) is 1.28. The minimum absolute atomic E-state index is 0.150. The molecule has 1 N–H and O–H groups in total. The van der Waals surface area contributed by atoms with Gasteiger partial charge in [0.2, 0.25) is 10.0 Å². The van der Waals surface area contributed by atoms with E-state index in [-0.39, 0.29) is 4.90 Å². The molecular formula is C9H10BrN3O2S2. The van der Waals surface area contributed by atoms with Crippen molar-refractivity contribution in [2.45, 2.75) is 11.4 Å². The lowest BCUT2D eigenvalue weighted by Gasteiger charge is -2.03. The van der Waals surface area contributed by atoms with Crippen molar-refractivity contribution < 1.29 is 8.42 Å². The molecular weight excluding hydrogens is 326 g/mol. The van der Waals surface area contributed by atoms with Gasteiger partial charge in [-0.2, -0.15) is 5.10 Å². The molecule has 2 heterocycles. The Balaban J connectivity index is 2.17. The van der Waals surface area contributed by atoms with Crippen LogP contribution in [0, 0.1) is 0 Å². The largest absolute Gasteiger partial charge is 0.273 e. The Morgan fingerprint density at radius 2 is 2.35 bits per heavy atom. The summed E-state index contributed by atoms with van der Waals surface area (Å²) in [6, 6.07) is 3.76. The lowest BCUT2D eigenvalue weighted by atomic mass is 10.5. The first-order valence-electron chi connectivity index (χ1n) is 4.70. The highest BCUT2D eigenvalue weighted by Gasteiger charge is 2.20. The molecule has 0 spiro atoms. The summed E-state index contributed by atoms with van der Waals surface area (Å²) < 4.78 is 28.2. The van der Waals surface area contributed by atoms with Gasteiger partial charge in [-0.3, -0.25) is 4.68 Å². The summed E-state index contributed by atoms with van der Waals surface area (Å²) in [5, 5.41) is 5.85. The van der Waals surface area contributed by atoms with E-state index in [9.17, 15) is 8.42 Å². The van der Waals surface area contributed by atoms with Gasteiger partial charge in [0.15, 0.2) is 0 Å². The van der Waals surface area contributed by atoms with E-state index in [0.717, 1.165) is 4.88 Å². The van der Waals surface area contributed by atoms with Crippen LogP contribution in [0.3, 0.4) is 0 Å². The zero-order valence-corrected chi connectivity index (χ0v) is 12.1. The Morgan fingerprint density at radius 3 is 2.88 bits per heavy atom. The van der Waals surface area contributed by atoms with Crippen LogP contribution >= 0.6 is 27.3 Å². The van der Waals surface area contributed by atoms with E-state index >= 15 is 0 Å². The predicted molar refractivity (Wildman–Crippen MR) is 69.3 cm³/mol. The number of rotatable bonds is 4. The second-order valence-electron chi connectivity index (χ2n) is 3.36. The third-order valence-corrected chi connectivity index (χ3v) is 5.19. The maximum absolute atomic E-state index is 12.0. The molecule has 0 aliphatic heterocycles. The van der Waals surface area contributed by atoms with Crippen molar-refractivity contribution >= 4 is 37.3 Å². The van der Waals surface area contributed by atoms with Gasteiger partial charge in [-0.15, -0.1) is 11.3 Å². The molecule has 8 heteroatoms. The van der Waals surface area contributed by atoms with Crippen LogP contribution in [0.2, 0.25) is 0 Å². The summed E-state index contributed by atoms with van der Waals surface area (Å²) in [7, 11) is -1.85. The molecule has 5 nitrogen and oxygen atoms in total. The molecule has 17 heavy (non-hydrogen) atoms. The second-order valence-corrected chi connectivity index (χ2v) is 6.88. The predicted octanol–water partition coefficient (Wildman–Crippen LogP) is 1.72. The van der Waals surface area contributed by atoms with Crippen molar-refractivity contribution in [3.63, 3.8) is 0 Å². The van der Waals surface area contributed by atoms with Gasteiger partial charge in [-0.1, -0.05) is 6.07 Å². The summed E-state index contributed by atoms with van der Waals surface area (Å²) in [5.41, 5.74) is 0. The zero-order chi connectivity index (χ0) is 12.5. The smallest absolute Gasteiger partial charge is 0.245 e. The molecule has 0 radical (unpaired) electrons. The van der Waals surface area contributed by atoms with Gasteiger partial charge in [0, 0.05) is 24.7 Å². The van der Waals surface area contributed by atoms with Gasteiger partial charge in [0.05, 0.1) is 0 Å². The van der Waals surface area contributed by atoms with E-state index in [1.165, 1.54) is 22.2 Å². The molecule has 0 aliphatic rings. The summed E-state index contributed by atoms with van der Waals surface area (Å²) in [6.45, 7) is 0.293. The molecule has 0 saturated heterocycles. The van der Waals surface area contributed by atoms with E-state index < -0.39 is 10.0 Å². The lowest BCUT2D eigenvalue weighted by Crippen LogP contribution is -2.22. The number of hydrogen-bond donors (Lipinski definition) is 1. The van der Waals surface area contributed by atoms with Crippen LogP contribution in [-0.2, 0) is 23.6 Å². The number of nitrogens with zero attached hydrogens (tertiary/aromatic N) is 2. The fourth-order valence-corrected chi connectivity index (χ4v) is 4.06. The average molecular weight is 336 g/mol. The topological polar surface area (TPSA) is 64.0 Å². The van der Waals surface area contributed by atoms with Crippen LogP contribution in [0.4, 0.5) is 0 Å². The third kappa shape index (κ3) is 2.95. The number of sulfonamides is 1. The van der Waals surface area contributed by atoms with Gasteiger partial charge in [0.1, 0.15) is 9.50 Å². The summed E-state index contributed by atoms with van der Waals surface area (Å²) >= 11 is 4.63. The number of aromatic nitrogens is 2. The Hall–Kier alpha value is -0.700. The van der Waals surface area contributed by atoms with Crippen LogP contribution in [0.25, 0.3) is 0 Å². The highest BCUT2D eigenvalue weighted by molar-refractivity contribution is 9.10. The Kier molecular flexibility index (Phi) is 3.67. The SMILES string of the molecule is Cn1cc(S(=O)(=O)NCc2cccs2)c(Br)n1. The highest BCUT2D eigenvalue weighted by Crippen LogP contribution is 2.19. The van der Waals surface area contributed by atoms with Crippen LogP contribution in [-0.4, -0.2) is 18.2 Å². The normalized spacial score (nSPS) is 11.9. The molecule has 2 aromatic rings. The Morgan fingerprint density at radius 1 is 1.59 bits per heavy atom. The quantitative estimate of drug-likeness (QED) is 0.925. The summed E-state index contributed by atoms with van der Waals surface area (Å²) in [6.07, 6.45) is 1.46. The second kappa shape index (κ2) is 4.89. The standard InChI is InChI=1S/C9H10BrN3O2S2/c1-13-6-8(9(10)12-13)17(14,15)11-5-7-3-2-4-16-7/h2-4,6,11H,5H2,1H3. The van der Waals surface area contributed by atoms with Gasteiger partial charge in [-0.05, 0) is 27.4 Å². The molecule has 0 aliphatic carbocycles. The number of halogens is 1. The van der Waals surface area contributed by atoms with E-state index in [1.807, 2.05) is 17.5 Å². The van der Waals surface area contributed by atoms with E-state index in [2.05, 4.69) is 25.8 Å². The molecule has 0 unspecified atom stereocenters. The van der Waals surface area contributed by atoms with Crippen molar-refractivity contribution in [3.8, 4) is 0 Å². The van der Waals surface area contributed by atoms with Crippen LogP contribution in [0.15, 0.2) is 33.2 Å². The average Bonchev–Trinajstić information content (AvgIpc) is 2.85. The van der Waals surface area contributed by atoms with Gasteiger partial charge in [0.25, 0.3) is 0 Å². The molecule has 0 atom stereocenters. The van der Waals surface area contributed by atoms with Gasteiger partial charge < -0.3 is 0 Å². The van der Waals surface area contributed by atoms with Crippen molar-refractivity contribution in [1.82, 2.24) is 14.5 Å². The minimum Gasteiger partial charge on any atom is -0.273 e. The number of aryl methyl sites for hydroxylation is 1. The molecule has 2 rings (SSSR count). The first-order chi connectivity index (χ1) is 7.99. The summed E-state index contributed by atoms with van der Waals surface area (Å²) in [4.78, 5) is 1.12. The van der Waals surface area contributed by atoms with E-state index in [4.69, 9.17) is 0 Å². The van der Waals surface area contributed by atoms with Crippen molar-refractivity contribution in [2.75, 3.05) is 0 Å². The van der Waals surface area contributed by atoms with Gasteiger partial charge >= 0.3 is 0 Å². The molecule has 92 valence electrons. The molecule has 0 fully saturated rings. The van der Waals surface area contributed by atoms with Crippen LogP contribution < -0.4 is 4.72 Å². The highest BCUT2D eigenvalue weighted by atomic mass is 79.9. The van der Waals surface area contributed by atoms with Crippen LogP contribution in [0.5, 0.6) is 0 Å². The minimum atomic E-state index is -3.52. The molecule has 0 amide bonds. The molecule has 0 saturated carbocycles. The monoisotopic (exact) mass is 335 g/mol. The fraction of sp³-hybridized carbons (Fsp3) is 0.222. The maximum atomic E-state index is 12.0. The number of hydrogen-bond acceptors (Lipinski definition) is 4. The van der Waals surface area contributed by atoms with Crippen molar-refractivity contribution in [2.24, 2.45) is 7.05 Å². The number of thiophene rings is 1. The first kappa shape index (κ1) is 12.7. The van der Waals surface area contributed by atoms with E-state index in [0.29, 0.717) is 11.1 Å². The van der Waals surface area contributed by atoms with Crippen molar-refractivity contribution in [3.05, 3.63) is 33.2 Å². The maximum Gasteiger partial charge on any atom is 0.245 e. The molecule has 0 aromatic carbocycles. The third-order valence-electron chi connectivity index (χ3n) is 2.06. The molecule has 0 bridgehead atoms. The number of nitrogens with one attached hydrogen (secondary N) is 1. The molecule has 2 aromatic heterocycles. The Bertz CT molecular complexity index is 604. The Labute approximate surface area is 112 Å². The van der Waals surface area contributed by atoms with E-state index in [1.54, 1.807) is 7.05 Å². The van der Waals surface area contributed by atoms with Gasteiger partial charge in [-0.25, -0.2) is 13.1 Å². The first-order valence-corrected chi connectivity index (χ1v) is 7.86. The van der Waals surface area contributed by atoms with Crippen molar-refractivity contribution in [1.29, 1.82) is 0 Å². The zero-order valence-electron chi connectivity index (χ0n) is 8.92. The lowest BCUT2D eigenvalue weighted by molar-refractivity contribution is 0.581. The van der Waals surface area contributed by atoms with Crippen LogP contribution in [0.1, 0.15) is 4.88 Å². The summed E-state index contributed by atoms with van der Waals surface area (Å²) in [5.74, 6) is 0.